The highest BCUT2D eigenvalue weighted by molar-refractivity contribution is 4.99. The Balaban J connectivity index is 1.19. The van der Waals surface area contributed by atoms with Gasteiger partial charge in [0.2, 0.25) is 0 Å². The molecule has 15 N–H and O–H groups in total. The Morgan fingerprint density at radius 2 is 0.983 bits per heavy atom. The molecule has 0 amide bonds. The largest absolute Gasteiger partial charge is 0.394 e. The van der Waals surface area contributed by atoms with Gasteiger partial charge in [0.1, 0.15) is 109 Å². The summed E-state index contributed by atoms with van der Waals surface area (Å²) in [5.41, 5.74) is -2.20. The molecule has 0 aromatic heterocycles. The topological polar surface area (TPSA) is 405 Å². The quantitative estimate of drug-likeness (QED) is 0.0865. The van der Waals surface area contributed by atoms with E-state index in [1.54, 1.807) is 0 Å². The van der Waals surface area contributed by atoms with Crippen molar-refractivity contribution in [1.29, 1.82) is 0 Å². The van der Waals surface area contributed by atoms with Gasteiger partial charge in [0.15, 0.2) is 37.7 Å². The molecule has 0 aromatic rings. The lowest BCUT2D eigenvalue weighted by molar-refractivity contribution is -0.398. The van der Waals surface area contributed by atoms with Gasteiger partial charge in [-0.2, -0.15) is 0 Å². The molecule has 26 heteroatoms. The molecule has 350 valence electrons. The van der Waals surface area contributed by atoms with Crippen LogP contribution in [0.25, 0.3) is 0 Å². The maximum absolute atomic E-state index is 11.8. The summed E-state index contributed by atoms with van der Waals surface area (Å²) < 4.78 is 62.4. The lowest BCUT2D eigenvalue weighted by atomic mass is 9.96. The number of hydrogen-bond donors (Lipinski definition) is 15. The molecular formula is C34H58O26. The Labute approximate surface area is 341 Å². The lowest BCUT2D eigenvalue weighted by Gasteiger charge is -2.49. The molecule has 0 spiro atoms. The Hall–Kier alpha value is -1.04. The monoisotopic (exact) mass is 882 g/mol. The molecule has 0 unspecified atom stereocenters. The van der Waals surface area contributed by atoms with E-state index >= 15 is 0 Å². The van der Waals surface area contributed by atoms with Crippen LogP contribution in [0.1, 0.15) is 20.8 Å². The second kappa shape index (κ2) is 19.6. The molecule has 6 fully saturated rings. The van der Waals surface area contributed by atoms with Crippen molar-refractivity contribution in [1.82, 2.24) is 0 Å². The number of ether oxygens (including phenoxy) is 11. The SMILES string of the molecule is C[C@@H]1O[C@@H](O[C@H]2[C@@H](O)[C@@H](C)O[C@@H](O)[C@@H]2O[C@@H]2O[C@@H](C)[C@H](O[C@@H]3OC[C@@H](O[C@@H]4O[C@H](CO)[C@H](O)[C@H](O)[C@H]4O)[C@H](O)[C@H]3O)[C@@H](O[C@@H]3OC[C@](O)(CO)[C@H]3O)[C@H]2O)[C@H](O)[C@H](O)[C@H]1O. The third-order valence-electron chi connectivity index (χ3n) is 11.7. The van der Waals surface area contributed by atoms with E-state index in [1.807, 2.05) is 0 Å². The molecule has 6 rings (SSSR count). The minimum absolute atomic E-state index is 0.566. The second-order valence-electron chi connectivity index (χ2n) is 15.9. The average molecular weight is 883 g/mol. The Bertz CT molecular complexity index is 1370. The standard InChI is InChI=1S/C34H58O26/c1-8-13(37)17(41)20(44)30(53-8)58-24-14(38)9(2)52-28(48)26(24)60-32-22(46)25(59-33-27(47)34(49,6-36)7-51-33)23(10(3)54-32)57-29-19(43)16(40)12(5-50-29)56-31-21(45)18(42)15(39)11(4-35)55-31/h8-33,35-49H,4-7H2,1-3H3/t8-,9+,10-,11+,12+,13-,14-,15-,16-,17+,18-,19+,20+,21+,22+,23-,24-,25-,26+,27-,28+,29-,30-,31-,32-,33-,34+/m0/s1. The number of hydrogen-bond acceptors (Lipinski definition) is 26. The molecule has 6 saturated heterocycles. The predicted molar refractivity (Wildman–Crippen MR) is 183 cm³/mol. The maximum Gasteiger partial charge on any atom is 0.187 e. The summed E-state index contributed by atoms with van der Waals surface area (Å²) in [5.74, 6) is 0. The first-order valence-electron chi connectivity index (χ1n) is 19.5. The normalized spacial score (nSPS) is 55.5. The van der Waals surface area contributed by atoms with Gasteiger partial charge in [0.25, 0.3) is 0 Å². The fourth-order valence-electron chi connectivity index (χ4n) is 7.76. The van der Waals surface area contributed by atoms with Crippen molar-refractivity contribution in [3.05, 3.63) is 0 Å². The molecule has 26 nitrogen and oxygen atoms in total. The number of aliphatic hydroxyl groups excluding tert-OH is 14. The van der Waals surface area contributed by atoms with Crippen molar-refractivity contribution in [2.45, 2.75) is 186 Å². The van der Waals surface area contributed by atoms with Crippen LogP contribution in [0.5, 0.6) is 0 Å². The zero-order valence-electron chi connectivity index (χ0n) is 32.5. The maximum atomic E-state index is 11.8. The fourth-order valence-corrected chi connectivity index (χ4v) is 7.76. The van der Waals surface area contributed by atoms with Crippen LogP contribution in [0.15, 0.2) is 0 Å². The first-order chi connectivity index (χ1) is 28.2. The number of aliphatic hydroxyl groups is 15. The van der Waals surface area contributed by atoms with Gasteiger partial charge < -0.3 is 129 Å². The van der Waals surface area contributed by atoms with Gasteiger partial charge in [-0.15, -0.1) is 0 Å². The van der Waals surface area contributed by atoms with E-state index in [4.69, 9.17) is 52.1 Å². The van der Waals surface area contributed by atoms with Crippen LogP contribution < -0.4 is 0 Å². The van der Waals surface area contributed by atoms with Crippen molar-refractivity contribution < 1.29 is 129 Å². The van der Waals surface area contributed by atoms with Gasteiger partial charge >= 0.3 is 0 Å². The van der Waals surface area contributed by atoms with E-state index in [0.717, 1.165) is 0 Å². The zero-order chi connectivity index (χ0) is 44.1. The van der Waals surface area contributed by atoms with Gasteiger partial charge in [0, 0.05) is 0 Å². The van der Waals surface area contributed by atoms with Crippen molar-refractivity contribution >= 4 is 0 Å². The highest BCUT2D eigenvalue weighted by Gasteiger charge is 2.57. The predicted octanol–water partition coefficient (Wildman–Crippen LogP) is -9.74. The summed E-state index contributed by atoms with van der Waals surface area (Å²) in [6, 6.07) is 0. The van der Waals surface area contributed by atoms with Crippen LogP contribution in [0, 0.1) is 0 Å². The summed E-state index contributed by atoms with van der Waals surface area (Å²) in [6.45, 7) is 1.21. The molecule has 60 heavy (non-hydrogen) atoms. The van der Waals surface area contributed by atoms with Crippen LogP contribution in [-0.2, 0) is 52.1 Å². The van der Waals surface area contributed by atoms with Crippen molar-refractivity contribution in [2.75, 3.05) is 26.4 Å². The summed E-state index contributed by atoms with van der Waals surface area (Å²) in [7, 11) is 0. The average Bonchev–Trinajstić information content (AvgIpc) is 3.50. The summed E-state index contributed by atoms with van der Waals surface area (Å²) in [6.07, 6.45) is -43.4. The third-order valence-corrected chi connectivity index (χ3v) is 11.7. The molecule has 0 radical (unpaired) electrons. The third kappa shape index (κ3) is 9.51. The van der Waals surface area contributed by atoms with Gasteiger partial charge in [-0.3, -0.25) is 0 Å². The molecule has 0 aliphatic carbocycles. The summed E-state index contributed by atoms with van der Waals surface area (Å²) in [5, 5.41) is 158. The fraction of sp³-hybridized carbons (Fsp3) is 1.00. The van der Waals surface area contributed by atoms with E-state index < -0.39 is 192 Å². The highest BCUT2D eigenvalue weighted by Crippen LogP contribution is 2.37. The van der Waals surface area contributed by atoms with Crippen molar-refractivity contribution in [3.8, 4) is 0 Å². The minimum atomic E-state index is -2.20. The number of rotatable bonds is 12. The molecule has 6 heterocycles. The van der Waals surface area contributed by atoms with Gasteiger partial charge in [0.05, 0.1) is 44.7 Å². The van der Waals surface area contributed by atoms with E-state index in [-0.39, 0.29) is 0 Å². The molecule has 0 bridgehead atoms. The van der Waals surface area contributed by atoms with Gasteiger partial charge in [-0.1, -0.05) is 0 Å². The van der Waals surface area contributed by atoms with Crippen molar-refractivity contribution in [3.63, 3.8) is 0 Å². The highest BCUT2D eigenvalue weighted by atomic mass is 16.8. The summed E-state index contributed by atoms with van der Waals surface area (Å²) in [4.78, 5) is 0. The van der Waals surface area contributed by atoms with Gasteiger partial charge in [-0.25, -0.2) is 0 Å². The smallest absolute Gasteiger partial charge is 0.187 e. The Kier molecular flexibility index (Phi) is 15.8. The van der Waals surface area contributed by atoms with Crippen LogP contribution in [0.4, 0.5) is 0 Å². The van der Waals surface area contributed by atoms with E-state index in [9.17, 15) is 76.6 Å². The van der Waals surface area contributed by atoms with Crippen LogP contribution in [-0.4, -0.2) is 268 Å². The second-order valence-corrected chi connectivity index (χ2v) is 15.9. The first kappa shape index (κ1) is 48.4. The molecule has 0 saturated carbocycles. The first-order valence-corrected chi connectivity index (χ1v) is 19.5. The van der Waals surface area contributed by atoms with E-state index in [1.165, 1.54) is 20.8 Å². The van der Waals surface area contributed by atoms with E-state index in [2.05, 4.69) is 0 Å². The van der Waals surface area contributed by atoms with E-state index in [0.29, 0.717) is 0 Å². The van der Waals surface area contributed by atoms with Gasteiger partial charge in [-0.05, 0) is 20.8 Å². The molecular weight excluding hydrogens is 824 g/mol. The van der Waals surface area contributed by atoms with Crippen LogP contribution >= 0.6 is 0 Å². The van der Waals surface area contributed by atoms with Crippen molar-refractivity contribution in [2.24, 2.45) is 0 Å². The molecule has 6 aliphatic heterocycles. The molecule has 6 aliphatic rings. The zero-order valence-corrected chi connectivity index (χ0v) is 32.5. The Morgan fingerprint density at radius 3 is 1.62 bits per heavy atom. The molecule has 27 atom stereocenters. The lowest BCUT2D eigenvalue weighted by Crippen LogP contribution is -2.67. The summed E-state index contributed by atoms with van der Waals surface area (Å²) >= 11 is 0. The van der Waals surface area contributed by atoms with Crippen LogP contribution in [0.2, 0.25) is 0 Å². The minimum Gasteiger partial charge on any atom is -0.394 e. The molecule has 0 aromatic carbocycles. The Morgan fingerprint density at radius 1 is 0.467 bits per heavy atom. The van der Waals surface area contributed by atoms with Crippen LogP contribution in [0.3, 0.4) is 0 Å².